The highest BCUT2D eigenvalue weighted by atomic mass is 35.5. The molecule has 1 atom stereocenters. The van der Waals surface area contributed by atoms with Crippen LogP contribution in [-0.4, -0.2) is 23.9 Å². The van der Waals surface area contributed by atoms with E-state index in [4.69, 9.17) is 17.3 Å². The zero-order valence-electron chi connectivity index (χ0n) is 12.0. The molecule has 0 aliphatic heterocycles. The summed E-state index contributed by atoms with van der Waals surface area (Å²) in [6.45, 7) is 7.71. The van der Waals surface area contributed by atoms with E-state index in [2.05, 4.69) is 13.5 Å². The number of nitrogens with zero attached hydrogens (tertiary/aromatic N) is 1. The highest BCUT2D eigenvalue weighted by Gasteiger charge is 2.15. The number of hydrogen-bond donors (Lipinski definition) is 1. The van der Waals surface area contributed by atoms with Gasteiger partial charge in [-0.25, -0.2) is 0 Å². The molecular formula is C15H23ClN2OS. The summed E-state index contributed by atoms with van der Waals surface area (Å²) in [6, 6.07) is 3.83. The Morgan fingerprint density at radius 3 is 2.85 bits per heavy atom. The highest BCUT2D eigenvalue weighted by Crippen LogP contribution is 2.23. The normalized spacial score (nSPS) is 12.2. The third-order valence-electron chi connectivity index (χ3n) is 3.19. The fourth-order valence-corrected chi connectivity index (χ4v) is 3.10. The van der Waals surface area contributed by atoms with Crippen LogP contribution < -0.4 is 5.73 Å². The Kier molecular flexibility index (Phi) is 7.88. The second-order valence-electron chi connectivity index (χ2n) is 4.99. The minimum Gasteiger partial charge on any atom is -0.334 e. The Morgan fingerprint density at radius 2 is 2.30 bits per heavy atom. The number of thiophene rings is 1. The molecular weight excluding hydrogens is 292 g/mol. The zero-order chi connectivity index (χ0) is 15.0. The Balaban J connectivity index is 2.51. The lowest BCUT2D eigenvalue weighted by molar-refractivity contribution is -0.131. The summed E-state index contributed by atoms with van der Waals surface area (Å²) in [6.07, 6.45) is 4.18. The summed E-state index contributed by atoms with van der Waals surface area (Å²) in [5.74, 6) is 0.656. The smallest absolute Gasteiger partial charge is 0.223 e. The average Bonchev–Trinajstić information content (AvgIpc) is 2.81. The number of carbonyl (C=O) groups is 1. The topological polar surface area (TPSA) is 46.3 Å². The van der Waals surface area contributed by atoms with Crippen LogP contribution in [0.15, 0.2) is 24.8 Å². The largest absolute Gasteiger partial charge is 0.334 e. The number of hydrogen-bond acceptors (Lipinski definition) is 3. The number of carbonyl (C=O) groups excluding carboxylic acids is 1. The van der Waals surface area contributed by atoms with Crippen LogP contribution in [0.2, 0.25) is 4.34 Å². The van der Waals surface area contributed by atoms with E-state index in [0.29, 0.717) is 32.0 Å². The van der Waals surface area contributed by atoms with Gasteiger partial charge < -0.3 is 10.6 Å². The monoisotopic (exact) mass is 314 g/mol. The minimum atomic E-state index is 0.165. The number of nitrogens with two attached hydrogens (primary N) is 1. The Labute approximate surface area is 130 Å². The molecule has 0 fully saturated rings. The van der Waals surface area contributed by atoms with E-state index in [1.54, 1.807) is 6.08 Å². The van der Waals surface area contributed by atoms with Gasteiger partial charge in [0.1, 0.15) is 0 Å². The molecule has 5 heteroatoms. The van der Waals surface area contributed by atoms with Crippen molar-refractivity contribution in [3.05, 3.63) is 34.0 Å². The van der Waals surface area contributed by atoms with Crippen LogP contribution in [-0.2, 0) is 11.3 Å². The quantitative estimate of drug-likeness (QED) is 0.707. The molecule has 1 amide bonds. The van der Waals surface area contributed by atoms with Crippen molar-refractivity contribution < 1.29 is 4.79 Å². The van der Waals surface area contributed by atoms with E-state index >= 15 is 0 Å². The number of halogens is 1. The molecule has 1 aromatic rings. The molecule has 1 rings (SSSR count). The molecule has 1 unspecified atom stereocenters. The third kappa shape index (κ3) is 6.07. The average molecular weight is 315 g/mol. The lowest BCUT2D eigenvalue weighted by Crippen LogP contribution is -2.30. The Hall–Kier alpha value is -0.840. The van der Waals surface area contributed by atoms with Crippen molar-refractivity contribution in [2.75, 3.05) is 13.1 Å². The van der Waals surface area contributed by atoms with Gasteiger partial charge in [-0.3, -0.25) is 4.79 Å². The number of rotatable bonds is 9. The molecule has 1 aromatic heterocycles. The van der Waals surface area contributed by atoms with E-state index in [-0.39, 0.29) is 5.91 Å². The van der Waals surface area contributed by atoms with Gasteiger partial charge in [-0.1, -0.05) is 24.6 Å². The van der Waals surface area contributed by atoms with Crippen molar-refractivity contribution in [1.29, 1.82) is 0 Å². The minimum absolute atomic E-state index is 0.165. The van der Waals surface area contributed by atoms with E-state index in [9.17, 15) is 4.79 Å². The zero-order valence-corrected chi connectivity index (χ0v) is 13.6. The Morgan fingerprint density at radius 1 is 1.55 bits per heavy atom. The maximum Gasteiger partial charge on any atom is 0.223 e. The maximum absolute atomic E-state index is 12.3. The van der Waals surface area contributed by atoms with Crippen molar-refractivity contribution in [3.8, 4) is 0 Å². The van der Waals surface area contributed by atoms with Crippen molar-refractivity contribution in [2.45, 2.75) is 32.7 Å². The standard InChI is InChI=1S/C15H23ClN2OS/c1-3-10-18(11-13-5-6-14(16)20-13)15(19)7-4-12(2)8-9-17/h3,5-6,12H,1,4,7-11,17H2,2H3. The fourth-order valence-electron chi connectivity index (χ4n) is 1.99. The first kappa shape index (κ1) is 17.2. The molecule has 0 aliphatic carbocycles. The first-order valence-electron chi connectivity index (χ1n) is 6.89. The lowest BCUT2D eigenvalue weighted by Gasteiger charge is -2.21. The van der Waals surface area contributed by atoms with Gasteiger partial charge in [0.2, 0.25) is 5.91 Å². The molecule has 0 saturated heterocycles. The molecule has 0 bridgehead atoms. The predicted molar refractivity (Wildman–Crippen MR) is 87.0 cm³/mol. The van der Waals surface area contributed by atoms with Crippen LogP contribution in [0.3, 0.4) is 0 Å². The van der Waals surface area contributed by atoms with Gasteiger partial charge in [-0.05, 0) is 37.4 Å². The second kappa shape index (κ2) is 9.16. The summed E-state index contributed by atoms with van der Waals surface area (Å²) in [5.41, 5.74) is 5.53. The first-order valence-corrected chi connectivity index (χ1v) is 8.09. The molecule has 0 saturated carbocycles. The number of amides is 1. The van der Waals surface area contributed by atoms with E-state index < -0.39 is 0 Å². The first-order chi connectivity index (χ1) is 9.56. The molecule has 3 nitrogen and oxygen atoms in total. The van der Waals surface area contributed by atoms with Gasteiger partial charge in [-0.15, -0.1) is 17.9 Å². The Bertz CT molecular complexity index is 433. The van der Waals surface area contributed by atoms with Crippen LogP contribution >= 0.6 is 22.9 Å². The predicted octanol–water partition coefficient (Wildman–Crippen LogP) is 3.68. The van der Waals surface area contributed by atoms with E-state index in [1.165, 1.54) is 11.3 Å². The van der Waals surface area contributed by atoms with Crippen LogP contribution in [0.5, 0.6) is 0 Å². The SMILES string of the molecule is C=CCN(Cc1ccc(Cl)s1)C(=O)CCC(C)CCN. The highest BCUT2D eigenvalue weighted by molar-refractivity contribution is 7.16. The van der Waals surface area contributed by atoms with E-state index in [0.717, 1.165) is 22.1 Å². The van der Waals surface area contributed by atoms with Crippen molar-refractivity contribution in [2.24, 2.45) is 11.7 Å². The summed E-state index contributed by atoms with van der Waals surface area (Å²) in [5, 5.41) is 0. The molecule has 2 N–H and O–H groups in total. The molecule has 0 spiro atoms. The third-order valence-corrected chi connectivity index (χ3v) is 4.40. The van der Waals surface area contributed by atoms with Crippen LogP contribution in [0.1, 0.15) is 31.1 Å². The van der Waals surface area contributed by atoms with Crippen molar-refractivity contribution in [3.63, 3.8) is 0 Å². The molecule has 20 heavy (non-hydrogen) atoms. The van der Waals surface area contributed by atoms with Crippen molar-refractivity contribution >= 4 is 28.8 Å². The van der Waals surface area contributed by atoms with Gasteiger partial charge in [-0.2, -0.15) is 0 Å². The van der Waals surface area contributed by atoms with Crippen LogP contribution in [0.4, 0.5) is 0 Å². The lowest BCUT2D eigenvalue weighted by atomic mass is 10.0. The fraction of sp³-hybridized carbons (Fsp3) is 0.533. The summed E-state index contributed by atoms with van der Waals surface area (Å²) in [7, 11) is 0. The van der Waals surface area contributed by atoms with Crippen LogP contribution in [0, 0.1) is 5.92 Å². The molecule has 0 aliphatic rings. The molecule has 0 aromatic carbocycles. The molecule has 1 heterocycles. The van der Waals surface area contributed by atoms with Gasteiger partial charge >= 0.3 is 0 Å². The molecule has 112 valence electrons. The molecule has 0 radical (unpaired) electrons. The van der Waals surface area contributed by atoms with Gasteiger partial charge in [0.15, 0.2) is 0 Å². The summed E-state index contributed by atoms with van der Waals surface area (Å²) >= 11 is 7.43. The van der Waals surface area contributed by atoms with Gasteiger partial charge in [0.25, 0.3) is 0 Å². The van der Waals surface area contributed by atoms with Crippen LogP contribution in [0.25, 0.3) is 0 Å². The summed E-state index contributed by atoms with van der Waals surface area (Å²) in [4.78, 5) is 15.2. The summed E-state index contributed by atoms with van der Waals surface area (Å²) < 4.78 is 0.752. The van der Waals surface area contributed by atoms with Crippen molar-refractivity contribution in [1.82, 2.24) is 4.90 Å². The maximum atomic E-state index is 12.3. The van der Waals surface area contributed by atoms with Gasteiger partial charge in [0.05, 0.1) is 10.9 Å². The second-order valence-corrected chi connectivity index (χ2v) is 6.79. The van der Waals surface area contributed by atoms with E-state index in [1.807, 2.05) is 17.0 Å². The van der Waals surface area contributed by atoms with Gasteiger partial charge in [0, 0.05) is 17.8 Å².